The molecule has 1 rings (SSSR count). The van der Waals surface area contributed by atoms with Gasteiger partial charge in [-0.3, -0.25) is 4.79 Å². The first-order valence-corrected chi connectivity index (χ1v) is 6.39. The number of Topliss-reactive ketones (excluding diaryl/α,β-unsaturated/α-hetero) is 1. The van der Waals surface area contributed by atoms with Crippen molar-refractivity contribution in [2.24, 2.45) is 0 Å². The van der Waals surface area contributed by atoms with E-state index in [0.29, 0.717) is 5.75 Å². The van der Waals surface area contributed by atoms with Crippen LogP contribution in [-0.2, 0) is 0 Å². The van der Waals surface area contributed by atoms with Crippen molar-refractivity contribution in [3.63, 3.8) is 0 Å². The van der Waals surface area contributed by atoms with Gasteiger partial charge in [0.15, 0.2) is 5.78 Å². The molecule has 0 aromatic heterocycles. The van der Waals surface area contributed by atoms with Gasteiger partial charge in [0, 0.05) is 16.2 Å². The molecule has 0 aliphatic heterocycles. The number of aliphatic hydroxyl groups is 1. The normalized spacial score (nSPS) is 14.5. The average Bonchev–Trinajstić information content (AvgIpc) is 2.27. The molecule has 1 atom stereocenters. The summed E-state index contributed by atoms with van der Waals surface area (Å²) in [6.45, 7) is 5.37. The molecular weight excluding hydrogens is 220 g/mol. The third-order valence-electron chi connectivity index (χ3n) is 2.57. The summed E-state index contributed by atoms with van der Waals surface area (Å²) in [7, 11) is 0. The largest absolute Gasteiger partial charge is 0.389 e. The van der Waals surface area contributed by atoms with Crippen molar-refractivity contribution in [3.8, 4) is 0 Å². The Hall–Kier alpha value is -0.800. The van der Waals surface area contributed by atoms with Crippen LogP contribution in [0.25, 0.3) is 0 Å². The maximum absolute atomic E-state index is 11.1. The maximum atomic E-state index is 11.1. The first-order valence-electron chi connectivity index (χ1n) is 5.41. The number of thioether (sulfide) groups is 1. The molecule has 1 aromatic carbocycles. The third kappa shape index (κ3) is 3.99. The monoisotopic (exact) mass is 238 g/mol. The molecule has 88 valence electrons. The molecule has 0 fully saturated rings. The summed E-state index contributed by atoms with van der Waals surface area (Å²) in [5.74, 6) is 0.750. The van der Waals surface area contributed by atoms with Crippen LogP contribution < -0.4 is 0 Å². The minimum absolute atomic E-state index is 0.0807. The zero-order valence-electron chi connectivity index (χ0n) is 9.99. The number of ketones is 1. The molecule has 1 N–H and O–H groups in total. The van der Waals surface area contributed by atoms with Crippen LogP contribution in [0.3, 0.4) is 0 Å². The van der Waals surface area contributed by atoms with Gasteiger partial charge in [-0.25, -0.2) is 0 Å². The molecule has 0 amide bonds. The van der Waals surface area contributed by atoms with Gasteiger partial charge in [0.2, 0.25) is 0 Å². The van der Waals surface area contributed by atoms with E-state index in [1.807, 2.05) is 38.1 Å². The first-order chi connectivity index (χ1) is 7.44. The van der Waals surface area contributed by atoms with Gasteiger partial charge in [-0.2, -0.15) is 0 Å². The third-order valence-corrected chi connectivity index (χ3v) is 3.94. The average molecular weight is 238 g/mol. The molecule has 0 spiro atoms. The van der Waals surface area contributed by atoms with Gasteiger partial charge in [-0.15, -0.1) is 11.8 Å². The fraction of sp³-hybridized carbons (Fsp3) is 0.462. The molecule has 2 nitrogen and oxygen atoms in total. The van der Waals surface area contributed by atoms with E-state index < -0.39 is 5.60 Å². The highest BCUT2D eigenvalue weighted by molar-refractivity contribution is 7.99. The predicted molar refractivity (Wildman–Crippen MR) is 68.1 cm³/mol. The van der Waals surface area contributed by atoms with Gasteiger partial charge in [0.25, 0.3) is 0 Å². The van der Waals surface area contributed by atoms with E-state index in [-0.39, 0.29) is 5.78 Å². The molecule has 0 saturated heterocycles. The van der Waals surface area contributed by atoms with Crippen LogP contribution in [0.15, 0.2) is 29.2 Å². The van der Waals surface area contributed by atoms with E-state index in [0.717, 1.165) is 16.9 Å². The summed E-state index contributed by atoms with van der Waals surface area (Å²) in [5.41, 5.74) is 0.107. The van der Waals surface area contributed by atoms with Crippen LogP contribution in [-0.4, -0.2) is 22.2 Å². The second kappa shape index (κ2) is 5.51. The zero-order chi connectivity index (χ0) is 12.2. The molecule has 1 aromatic rings. The second-order valence-corrected chi connectivity index (χ2v) is 5.27. The highest BCUT2D eigenvalue weighted by atomic mass is 32.2. The van der Waals surface area contributed by atoms with Crippen molar-refractivity contribution in [3.05, 3.63) is 29.8 Å². The highest BCUT2D eigenvalue weighted by Crippen LogP contribution is 2.24. The number of hydrogen-bond acceptors (Lipinski definition) is 3. The van der Waals surface area contributed by atoms with Crippen molar-refractivity contribution in [2.45, 2.75) is 37.7 Å². The Balaban J connectivity index is 2.59. The van der Waals surface area contributed by atoms with E-state index >= 15 is 0 Å². The van der Waals surface area contributed by atoms with Gasteiger partial charge >= 0.3 is 0 Å². The molecule has 0 aliphatic rings. The van der Waals surface area contributed by atoms with Crippen LogP contribution >= 0.6 is 11.8 Å². The number of carbonyl (C=O) groups excluding carboxylic acids is 1. The molecular formula is C13H18O2S. The molecule has 16 heavy (non-hydrogen) atoms. The van der Waals surface area contributed by atoms with Crippen molar-refractivity contribution in [2.75, 3.05) is 5.75 Å². The Labute approximate surface area is 101 Å². The van der Waals surface area contributed by atoms with Crippen LogP contribution in [0.5, 0.6) is 0 Å². The van der Waals surface area contributed by atoms with E-state index in [9.17, 15) is 9.90 Å². The number of carbonyl (C=O) groups is 1. The molecule has 0 bridgehead atoms. The summed E-state index contributed by atoms with van der Waals surface area (Å²) in [6.07, 6.45) is 0.742. The van der Waals surface area contributed by atoms with Gasteiger partial charge in [-0.1, -0.05) is 19.1 Å². The van der Waals surface area contributed by atoms with Crippen molar-refractivity contribution in [1.29, 1.82) is 0 Å². The lowest BCUT2D eigenvalue weighted by molar-refractivity contribution is 0.0815. The summed E-state index contributed by atoms with van der Waals surface area (Å²) >= 11 is 1.61. The van der Waals surface area contributed by atoms with Crippen LogP contribution in [0, 0.1) is 0 Å². The Bertz CT molecular complexity index is 355. The predicted octanol–water partition coefficient (Wildman–Crippen LogP) is 3.14. The van der Waals surface area contributed by atoms with Crippen molar-refractivity contribution < 1.29 is 9.90 Å². The number of rotatable bonds is 5. The SMILES string of the molecule is CCC(C)(O)CSc1ccc(C(C)=O)cc1. The summed E-state index contributed by atoms with van der Waals surface area (Å²) in [4.78, 5) is 12.2. The standard InChI is InChI=1S/C13H18O2S/c1-4-13(3,15)9-16-12-7-5-11(6-8-12)10(2)14/h5-8,15H,4,9H2,1-3H3. The summed E-state index contributed by atoms with van der Waals surface area (Å²) in [5, 5.41) is 9.85. The molecule has 3 heteroatoms. The lowest BCUT2D eigenvalue weighted by Gasteiger charge is -2.20. The summed E-state index contributed by atoms with van der Waals surface area (Å²) < 4.78 is 0. The molecule has 0 aliphatic carbocycles. The van der Waals surface area contributed by atoms with Crippen molar-refractivity contribution >= 4 is 17.5 Å². The van der Waals surface area contributed by atoms with E-state index in [1.165, 1.54) is 0 Å². The number of benzene rings is 1. The highest BCUT2D eigenvalue weighted by Gasteiger charge is 2.17. The molecule has 1 unspecified atom stereocenters. The first kappa shape index (κ1) is 13.3. The maximum Gasteiger partial charge on any atom is 0.159 e. The lowest BCUT2D eigenvalue weighted by Crippen LogP contribution is -2.25. The lowest BCUT2D eigenvalue weighted by atomic mass is 10.1. The second-order valence-electron chi connectivity index (χ2n) is 4.22. The molecule has 0 heterocycles. The zero-order valence-corrected chi connectivity index (χ0v) is 10.8. The smallest absolute Gasteiger partial charge is 0.159 e. The van der Waals surface area contributed by atoms with E-state index in [1.54, 1.807) is 18.7 Å². The fourth-order valence-corrected chi connectivity index (χ4v) is 2.14. The van der Waals surface area contributed by atoms with Crippen LogP contribution in [0.2, 0.25) is 0 Å². The van der Waals surface area contributed by atoms with Crippen molar-refractivity contribution in [1.82, 2.24) is 0 Å². The van der Waals surface area contributed by atoms with E-state index in [4.69, 9.17) is 0 Å². The van der Waals surface area contributed by atoms with Gasteiger partial charge in [-0.05, 0) is 32.4 Å². The molecule has 0 radical (unpaired) electrons. The fourth-order valence-electron chi connectivity index (χ4n) is 1.13. The number of hydrogen-bond donors (Lipinski definition) is 1. The Kier molecular flexibility index (Phi) is 4.56. The van der Waals surface area contributed by atoms with E-state index in [2.05, 4.69) is 0 Å². The minimum Gasteiger partial charge on any atom is -0.389 e. The Morgan fingerprint density at radius 3 is 2.38 bits per heavy atom. The van der Waals surface area contributed by atoms with Crippen LogP contribution in [0.4, 0.5) is 0 Å². The molecule has 0 saturated carbocycles. The topological polar surface area (TPSA) is 37.3 Å². The Morgan fingerprint density at radius 2 is 1.94 bits per heavy atom. The van der Waals surface area contributed by atoms with Crippen LogP contribution in [0.1, 0.15) is 37.6 Å². The van der Waals surface area contributed by atoms with Gasteiger partial charge < -0.3 is 5.11 Å². The minimum atomic E-state index is -0.621. The summed E-state index contributed by atoms with van der Waals surface area (Å²) in [6, 6.07) is 7.50. The van der Waals surface area contributed by atoms with Gasteiger partial charge in [0.05, 0.1) is 5.60 Å². The quantitative estimate of drug-likeness (QED) is 0.632. The Morgan fingerprint density at radius 1 is 1.38 bits per heavy atom. The van der Waals surface area contributed by atoms with Gasteiger partial charge in [0.1, 0.15) is 0 Å².